The van der Waals surface area contributed by atoms with Crippen molar-refractivity contribution >= 4 is 0 Å². The molecule has 1 aliphatic heterocycles. The van der Waals surface area contributed by atoms with Gasteiger partial charge in [-0.3, -0.25) is 0 Å². The molecule has 1 aliphatic carbocycles. The van der Waals surface area contributed by atoms with Crippen molar-refractivity contribution in [2.75, 3.05) is 6.54 Å². The Morgan fingerprint density at radius 3 is 2.78 bits per heavy atom. The first kappa shape index (κ1) is 5.30. The summed E-state index contributed by atoms with van der Waals surface area (Å²) in [5.74, 6) is 0. The predicted molar refractivity (Wildman–Crippen MR) is 36.6 cm³/mol. The zero-order valence-electron chi connectivity index (χ0n) is 5.72. The Bertz CT molecular complexity index is 139. The topological polar surface area (TPSA) is 15.3 Å². The van der Waals surface area contributed by atoms with Gasteiger partial charge in [-0.25, -0.2) is 5.01 Å². The van der Waals surface area contributed by atoms with E-state index in [4.69, 9.17) is 0 Å². The van der Waals surface area contributed by atoms with Gasteiger partial charge in [0, 0.05) is 18.3 Å². The summed E-state index contributed by atoms with van der Waals surface area (Å²) in [6, 6.07) is 0. The van der Waals surface area contributed by atoms with Crippen LogP contribution in [0.25, 0.3) is 0 Å². The number of hydrogen-bond donors (Lipinski definition) is 1. The van der Waals surface area contributed by atoms with Gasteiger partial charge in [0.15, 0.2) is 0 Å². The first-order valence-electron chi connectivity index (χ1n) is 3.50. The van der Waals surface area contributed by atoms with Gasteiger partial charge in [-0.2, -0.15) is 0 Å². The molecule has 1 fully saturated rings. The molecule has 0 aromatic carbocycles. The maximum absolute atomic E-state index is 3.21. The smallest absolute Gasteiger partial charge is 0.0382 e. The normalized spacial score (nSPS) is 30.3. The molecule has 1 saturated carbocycles. The lowest BCUT2D eigenvalue weighted by molar-refractivity contribution is 0.179. The molecule has 9 heavy (non-hydrogen) atoms. The van der Waals surface area contributed by atoms with Gasteiger partial charge in [0.25, 0.3) is 0 Å². The van der Waals surface area contributed by atoms with E-state index in [0.29, 0.717) is 5.54 Å². The molecule has 2 nitrogen and oxygen atoms in total. The molecule has 0 unspecified atom stereocenters. The van der Waals surface area contributed by atoms with E-state index in [2.05, 4.69) is 23.4 Å². The Balaban J connectivity index is 2.00. The van der Waals surface area contributed by atoms with Crippen LogP contribution in [0.5, 0.6) is 0 Å². The second-order valence-electron chi connectivity index (χ2n) is 3.14. The SMILES string of the molecule is CC1(N2CC=CN2)CC1. The molecule has 0 saturated heterocycles. The van der Waals surface area contributed by atoms with E-state index < -0.39 is 0 Å². The van der Waals surface area contributed by atoms with Crippen LogP contribution >= 0.6 is 0 Å². The Kier molecular flexibility index (Phi) is 0.887. The van der Waals surface area contributed by atoms with Crippen molar-refractivity contribution in [2.24, 2.45) is 0 Å². The molecule has 2 heteroatoms. The Morgan fingerprint density at radius 1 is 1.56 bits per heavy atom. The fourth-order valence-electron chi connectivity index (χ4n) is 1.18. The maximum Gasteiger partial charge on any atom is 0.0382 e. The second-order valence-corrected chi connectivity index (χ2v) is 3.14. The lowest BCUT2D eigenvalue weighted by atomic mass is 10.3. The lowest BCUT2D eigenvalue weighted by Gasteiger charge is -2.23. The third kappa shape index (κ3) is 0.741. The van der Waals surface area contributed by atoms with E-state index in [9.17, 15) is 0 Å². The van der Waals surface area contributed by atoms with Crippen LogP contribution in [0.2, 0.25) is 0 Å². The molecular weight excluding hydrogens is 112 g/mol. The van der Waals surface area contributed by atoms with Crippen LogP contribution in [0.4, 0.5) is 0 Å². The molecule has 0 spiro atoms. The van der Waals surface area contributed by atoms with Crippen LogP contribution in [0, 0.1) is 0 Å². The summed E-state index contributed by atoms with van der Waals surface area (Å²) >= 11 is 0. The molecule has 2 rings (SSSR count). The van der Waals surface area contributed by atoms with Crippen LogP contribution in [-0.2, 0) is 0 Å². The molecule has 0 atom stereocenters. The molecule has 50 valence electrons. The minimum Gasteiger partial charge on any atom is -0.326 e. The average Bonchev–Trinajstić information content (AvgIpc) is 2.46. The zero-order chi connectivity index (χ0) is 6.32. The van der Waals surface area contributed by atoms with Crippen molar-refractivity contribution in [3.05, 3.63) is 12.3 Å². The molecule has 2 aliphatic rings. The summed E-state index contributed by atoms with van der Waals surface area (Å²) in [6.45, 7) is 3.38. The number of nitrogens with one attached hydrogen (secondary N) is 1. The summed E-state index contributed by atoms with van der Waals surface area (Å²) in [5, 5.41) is 2.30. The van der Waals surface area contributed by atoms with Crippen LogP contribution in [0.3, 0.4) is 0 Å². The van der Waals surface area contributed by atoms with E-state index in [1.54, 1.807) is 0 Å². The highest BCUT2D eigenvalue weighted by Crippen LogP contribution is 2.40. The van der Waals surface area contributed by atoms with Gasteiger partial charge >= 0.3 is 0 Å². The first-order valence-corrected chi connectivity index (χ1v) is 3.50. The van der Waals surface area contributed by atoms with E-state index >= 15 is 0 Å². The molecule has 0 bridgehead atoms. The van der Waals surface area contributed by atoms with Crippen molar-refractivity contribution in [1.82, 2.24) is 10.4 Å². The van der Waals surface area contributed by atoms with Gasteiger partial charge in [0.2, 0.25) is 0 Å². The van der Waals surface area contributed by atoms with Crippen LogP contribution < -0.4 is 5.43 Å². The minimum absolute atomic E-state index is 0.490. The highest BCUT2D eigenvalue weighted by Gasteiger charge is 2.43. The highest BCUT2D eigenvalue weighted by atomic mass is 15.6. The number of rotatable bonds is 1. The number of hydrogen-bond acceptors (Lipinski definition) is 2. The Hall–Kier alpha value is -0.500. The summed E-state index contributed by atoms with van der Waals surface area (Å²) in [5.41, 5.74) is 3.70. The standard InChI is InChI=1S/C7H12N2/c1-7(3-4-7)9-6-2-5-8-9/h2,5,8H,3-4,6H2,1H3. The van der Waals surface area contributed by atoms with Crippen molar-refractivity contribution in [2.45, 2.75) is 25.3 Å². The van der Waals surface area contributed by atoms with Crippen LogP contribution in [0.1, 0.15) is 19.8 Å². The molecule has 1 heterocycles. The van der Waals surface area contributed by atoms with Gasteiger partial charge in [0.1, 0.15) is 0 Å². The second kappa shape index (κ2) is 1.51. The highest BCUT2D eigenvalue weighted by molar-refractivity contribution is 5.04. The summed E-state index contributed by atoms with van der Waals surface area (Å²) in [4.78, 5) is 0. The predicted octanol–water partition coefficient (Wildman–Crippen LogP) is 0.873. The van der Waals surface area contributed by atoms with Crippen molar-refractivity contribution in [1.29, 1.82) is 0 Å². The van der Waals surface area contributed by atoms with Gasteiger partial charge < -0.3 is 5.43 Å². The van der Waals surface area contributed by atoms with E-state index in [1.165, 1.54) is 12.8 Å². The molecular formula is C7H12N2. The molecule has 0 aromatic rings. The van der Waals surface area contributed by atoms with Gasteiger partial charge in [-0.05, 0) is 19.8 Å². The molecule has 0 radical (unpaired) electrons. The van der Waals surface area contributed by atoms with E-state index in [1.807, 2.05) is 6.20 Å². The first-order chi connectivity index (χ1) is 4.31. The van der Waals surface area contributed by atoms with Crippen molar-refractivity contribution in [3.8, 4) is 0 Å². The van der Waals surface area contributed by atoms with Crippen LogP contribution in [-0.4, -0.2) is 17.1 Å². The lowest BCUT2D eigenvalue weighted by Crippen LogP contribution is -2.39. The Labute approximate surface area is 55.5 Å². The Morgan fingerprint density at radius 2 is 2.33 bits per heavy atom. The quantitative estimate of drug-likeness (QED) is 0.558. The zero-order valence-corrected chi connectivity index (χ0v) is 5.72. The minimum atomic E-state index is 0.490. The molecule has 0 amide bonds. The largest absolute Gasteiger partial charge is 0.326 e. The summed E-state index contributed by atoms with van der Waals surface area (Å²) in [7, 11) is 0. The third-order valence-electron chi connectivity index (χ3n) is 2.26. The van der Waals surface area contributed by atoms with Crippen LogP contribution in [0.15, 0.2) is 12.3 Å². The fraction of sp³-hybridized carbons (Fsp3) is 0.714. The fourth-order valence-corrected chi connectivity index (χ4v) is 1.18. The molecule has 0 aromatic heterocycles. The van der Waals surface area contributed by atoms with Crippen molar-refractivity contribution in [3.63, 3.8) is 0 Å². The van der Waals surface area contributed by atoms with Gasteiger partial charge in [0.05, 0.1) is 0 Å². The van der Waals surface area contributed by atoms with Crippen molar-refractivity contribution < 1.29 is 0 Å². The van der Waals surface area contributed by atoms with E-state index in [0.717, 1.165) is 6.54 Å². The summed E-state index contributed by atoms with van der Waals surface area (Å²) < 4.78 is 0. The summed E-state index contributed by atoms with van der Waals surface area (Å²) in [6.07, 6.45) is 6.87. The van der Waals surface area contributed by atoms with E-state index in [-0.39, 0.29) is 0 Å². The monoisotopic (exact) mass is 124 g/mol. The van der Waals surface area contributed by atoms with Gasteiger partial charge in [-0.1, -0.05) is 6.08 Å². The maximum atomic E-state index is 3.21. The number of hydrazine groups is 1. The average molecular weight is 124 g/mol. The third-order valence-corrected chi connectivity index (χ3v) is 2.26. The number of nitrogens with zero attached hydrogens (tertiary/aromatic N) is 1. The van der Waals surface area contributed by atoms with Gasteiger partial charge in [-0.15, -0.1) is 0 Å². The molecule has 1 N–H and O–H groups in total.